The lowest BCUT2D eigenvalue weighted by Gasteiger charge is -2.15. The number of carboxylic acid groups (broad SMARTS) is 1. The summed E-state index contributed by atoms with van der Waals surface area (Å²) in [6.07, 6.45) is 0.639. The van der Waals surface area contributed by atoms with Crippen LogP contribution >= 0.6 is 0 Å². The molecule has 0 spiro atoms. The van der Waals surface area contributed by atoms with Gasteiger partial charge in [0.05, 0.1) is 25.5 Å². The molecule has 1 aromatic carbocycles. The van der Waals surface area contributed by atoms with Crippen LogP contribution in [0.15, 0.2) is 6.07 Å². The van der Waals surface area contributed by atoms with Crippen LogP contribution in [0.4, 0.5) is 5.69 Å². The van der Waals surface area contributed by atoms with Gasteiger partial charge in [-0.15, -0.1) is 0 Å². The molecule has 0 unspecified atom stereocenters. The summed E-state index contributed by atoms with van der Waals surface area (Å²) in [5.41, 5.74) is 6.59. The topological polar surface area (TPSA) is 81.8 Å². The fraction of sp³-hybridized carbons (Fsp3) is 0.364. The van der Waals surface area contributed by atoms with Gasteiger partial charge in [-0.3, -0.25) is 0 Å². The van der Waals surface area contributed by atoms with Crippen molar-refractivity contribution in [2.75, 3.05) is 20.0 Å². The van der Waals surface area contributed by atoms with E-state index in [1.165, 1.54) is 20.3 Å². The molecule has 16 heavy (non-hydrogen) atoms. The number of carboxylic acids is 1. The highest BCUT2D eigenvalue weighted by atomic mass is 16.5. The number of aromatic carboxylic acids is 1. The molecule has 0 aromatic heterocycles. The van der Waals surface area contributed by atoms with E-state index in [-0.39, 0.29) is 17.0 Å². The minimum absolute atomic E-state index is 0.0366. The molecule has 5 nitrogen and oxygen atoms in total. The van der Waals surface area contributed by atoms with E-state index >= 15 is 0 Å². The van der Waals surface area contributed by atoms with Gasteiger partial charge >= 0.3 is 5.97 Å². The number of anilines is 1. The van der Waals surface area contributed by atoms with Gasteiger partial charge in [-0.2, -0.15) is 0 Å². The van der Waals surface area contributed by atoms with Crippen LogP contribution < -0.4 is 15.2 Å². The van der Waals surface area contributed by atoms with E-state index in [4.69, 9.17) is 20.3 Å². The predicted octanol–water partition coefficient (Wildman–Crippen LogP) is 1.55. The maximum Gasteiger partial charge on any atom is 0.337 e. The average molecular weight is 225 g/mol. The SMILES string of the molecule is CCc1cc(C(=O)O)c(N)c(OC)c1OC. The van der Waals surface area contributed by atoms with Gasteiger partial charge < -0.3 is 20.3 Å². The number of hydrogen-bond acceptors (Lipinski definition) is 4. The molecule has 0 heterocycles. The third kappa shape index (κ3) is 1.88. The van der Waals surface area contributed by atoms with Crippen molar-refractivity contribution in [1.82, 2.24) is 0 Å². The molecular formula is C11H15NO4. The molecule has 88 valence electrons. The van der Waals surface area contributed by atoms with Gasteiger partial charge in [-0.1, -0.05) is 6.92 Å². The van der Waals surface area contributed by atoms with Gasteiger partial charge in [0.2, 0.25) is 0 Å². The van der Waals surface area contributed by atoms with Crippen LogP contribution in [0.5, 0.6) is 11.5 Å². The van der Waals surface area contributed by atoms with Crippen LogP contribution in [0.25, 0.3) is 0 Å². The molecule has 0 radical (unpaired) electrons. The van der Waals surface area contributed by atoms with Crippen molar-refractivity contribution in [3.05, 3.63) is 17.2 Å². The van der Waals surface area contributed by atoms with Crippen molar-refractivity contribution in [2.24, 2.45) is 0 Å². The quantitative estimate of drug-likeness (QED) is 0.760. The van der Waals surface area contributed by atoms with Crippen LogP contribution in [-0.4, -0.2) is 25.3 Å². The molecule has 0 amide bonds. The van der Waals surface area contributed by atoms with Gasteiger partial charge in [-0.25, -0.2) is 4.79 Å². The lowest BCUT2D eigenvalue weighted by atomic mass is 10.0. The third-order valence-corrected chi connectivity index (χ3v) is 2.37. The summed E-state index contributed by atoms with van der Waals surface area (Å²) in [6, 6.07) is 1.51. The molecule has 0 aliphatic carbocycles. The van der Waals surface area contributed by atoms with Crippen molar-refractivity contribution in [3.8, 4) is 11.5 Å². The van der Waals surface area contributed by atoms with E-state index in [1.807, 2.05) is 6.92 Å². The number of carbonyl (C=O) groups is 1. The van der Waals surface area contributed by atoms with Crippen molar-refractivity contribution in [1.29, 1.82) is 0 Å². The Morgan fingerprint density at radius 2 is 1.94 bits per heavy atom. The fourth-order valence-electron chi connectivity index (χ4n) is 1.57. The molecule has 1 aromatic rings. The summed E-state index contributed by atoms with van der Waals surface area (Å²) in [5.74, 6) is -0.306. The maximum absolute atomic E-state index is 11.0. The van der Waals surface area contributed by atoms with Crippen LogP contribution in [0.1, 0.15) is 22.8 Å². The van der Waals surface area contributed by atoms with E-state index in [0.29, 0.717) is 12.2 Å². The average Bonchev–Trinajstić information content (AvgIpc) is 2.27. The molecular weight excluding hydrogens is 210 g/mol. The molecule has 0 atom stereocenters. The number of aryl methyl sites for hydroxylation is 1. The zero-order valence-electron chi connectivity index (χ0n) is 9.53. The highest BCUT2D eigenvalue weighted by Crippen LogP contribution is 2.39. The smallest absolute Gasteiger partial charge is 0.337 e. The number of hydrogen-bond donors (Lipinski definition) is 2. The number of ether oxygens (including phenoxy) is 2. The molecule has 0 saturated carbocycles. The van der Waals surface area contributed by atoms with Gasteiger partial charge in [-0.05, 0) is 18.1 Å². The van der Waals surface area contributed by atoms with E-state index in [1.54, 1.807) is 0 Å². The van der Waals surface area contributed by atoms with Gasteiger partial charge in [0, 0.05) is 0 Å². The second-order valence-electron chi connectivity index (χ2n) is 3.22. The second kappa shape index (κ2) is 4.74. The predicted molar refractivity (Wildman–Crippen MR) is 60.3 cm³/mol. The molecule has 0 saturated heterocycles. The van der Waals surface area contributed by atoms with Crippen molar-refractivity contribution < 1.29 is 19.4 Å². The minimum atomic E-state index is -1.08. The summed E-state index contributed by atoms with van der Waals surface area (Å²) in [4.78, 5) is 11.0. The number of rotatable bonds is 4. The van der Waals surface area contributed by atoms with Gasteiger partial charge in [0.15, 0.2) is 11.5 Å². The Balaban J connectivity index is 3.54. The summed E-state index contributed by atoms with van der Waals surface area (Å²) in [5, 5.41) is 8.99. The standard InChI is InChI=1S/C11H15NO4/c1-4-6-5-7(11(13)14)8(12)10(16-3)9(6)15-2/h5H,4,12H2,1-3H3,(H,13,14). The van der Waals surface area contributed by atoms with E-state index in [2.05, 4.69) is 0 Å². The van der Waals surface area contributed by atoms with E-state index < -0.39 is 5.97 Å². The summed E-state index contributed by atoms with van der Waals surface area (Å²) >= 11 is 0. The molecule has 0 fully saturated rings. The Bertz CT molecular complexity index is 415. The van der Waals surface area contributed by atoms with Gasteiger partial charge in [0.25, 0.3) is 0 Å². The van der Waals surface area contributed by atoms with Gasteiger partial charge in [0.1, 0.15) is 0 Å². The van der Waals surface area contributed by atoms with E-state index in [0.717, 1.165) is 5.56 Å². The normalized spacial score (nSPS) is 9.94. The molecule has 0 aliphatic heterocycles. The number of benzene rings is 1. The zero-order valence-corrected chi connectivity index (χ0v) is 9.53. The highest BCUT2D eigenvalue weighted by molar-refractivity contribution is 5.96. The molecule has 3 N–H and O–H groups in total. The lowest BCUT2D eigenvalue weighted by molar-refractivity contribution is 0.0697. The number of methoxy groups -OCH3 is 2. The summed E-state index contributed by atoms with van der Waals surface area (Å²) in [7, 11) is 2.93. The molecule has 0 aliphatic rings. The maximum atomic E-state index is 11.0. The minimum Gasteiger partial charge on any atom is -0.492 e. The first-order chi connectivity index (χ1) is 7.56. The van der Waals surface area contributed by atoms with Crippen LogP contribution in [0, 0.1) is 0 Å². The van der Waals surface area contributed by atoms with Crippen LogP contribution in [0.2, 0.25) is 0 Å². The summed E-state index contributed by atoms with van der Waals surface area (Å²) < 4.78 is 10.3. The first-order valence-electron chi connectivity index (χ1n) is 4.83. The molecule has 5 heteroatoms. The third-order valence-electron chi connectivity index (χ3n) is 2.37. The summed E-state index contributed by atoms with van der Waals surface area (Å²) in [6.45, 7) is 1.90. The lowest BCUT2D eigenvalue weighted by Crippen LogP contribution is -2.07. The monoisotopic (exact) mass is 225 g/mol. The largest absolute Gasteiger partial charge is 0.492 e. The van der Waals surface area contributed by atoms with Crippen LogP contribution in [-0.2, 0) is 6.42 Å². The second-order valence-corrected chi connectivity index (χ2v) is 3.22. The van der Waals surface area contributed by atoms with Crippen molar-refractivity contribution in [2.45, 2.75) is 13.3 Å². The number of nitrogens with two attached hydrogens (primary N) is 1. The van der Waals surface area contributed by atoms with Crippen LogP contribution in [0.3, 0.4) is 0 Å². The van der Waals surface area contributed by atoms with Crippen molar-refractivity contribution in [3.63, 3.8) is 0 Å². The Labute approximate surface area is 93.8 Å². The highest BCUT2D eigenvalue weighted by Gasteiger charge is 2.20. The Morgan fingerprint density at radius 3 is 2.31 bits per heavy atom. The fourth-order valence-corrected chi connectivity index (χ4v) is 1.57. The van der Waals surface area contributed by atoms with Crippen molar-refractivity contribution >= 4 is 11.7 Å². The zero-order chi connectivity index (χ0) is 12.3. The first-order valence-corrected chi connectivity index (χ1v) is 4.83. The molecule has 1 rings (SSSR count). The Morgan fingerprint density at radius 1 is 1.38 bits per heavy atom. The Hall–Kier alpha value is -1.91. The first kappa shape index (κ1) is 12.2. The van der Waals surface area contributed by atoms with E-state index in [9.17, 15) is 4.79 Å². The molecule has 0 bridgehead atoms. The number of nitrogen functional groups attached to an aromatic ring is 1. The Kier molecular flexibility index (Phi) is 3.60.